The fourth-order valence-electron chi connectivity index (χ4n) is 2.51. The Hall–Kier alpha value is -0.780. The molecule has 2 N–H and O–H groups in total. The highest BCUT2D eigenvalue weighted by atomic mass is 79.9. The summed E-state index contributed by atoms with van der Waals surface area (Å²) >= 11 is 3.47. The Morgan fingerprint density at radius 3 is 2.79 bits per heavy atom. The van der Waals surface area contributed by atoms with Crippen LogP contribution in [0.25, 0.3) is 0 Å². The van der Waals surface area contributed by atoms with E-state index in [1.54, 1.807) is 0 Å². The summed E-state index contributed by atoms with van der Waals surface area (Å²) in [6.45, 7) is 3.04. The van der Waals surface area contributed by atoms with Gasteiger partial charge in [0.25, 0.3) is 0 Å². The highest BCUT2D eigenvalue weighted by Crippen LogP contribution is 2.23. The number of anilines is 1. The van der Waals surface area contributed by atoms with Gasteiger partial charge >= 0.3 is 0 Å². The number of nitrogens with zero attached hydrogens (tertiary/aromatic N) is 2. The minimum Gasteiger partial charge on any atom is -0.316 e. The van der Waals surface area contributed by atoms with Gasteiger partial charge < -0.3 is 10.2 Å². The summed E-state index contributed by atoms with van der Waals surface area (Å²) in [4.78, 5) is 2.25. The van der Waals surface area contributed by atoms with Crippen LogP contribution in [0.4, 0.5) is 5.69 Å². The first kappa shape index (κ1) is 14.6. The van der Waals surface area contributed by atoms with Gasteiger partial charge in [-0.05, 0) is 49.7 Å². The predicted octanol–water partition coefficient (Wildman–Crippen LogP) is 2.55. The summed E-state index contributed by atoms with van der Waals surface area (Å²) in [5.74, 6) is 1.88. The lowest BCUT2D eigenvalue weighted by atomic mass is 10.0. The Balaban J connectivity index is 0.00000133. The van der Waals surface area contributed by atoms with Crippen LogP contribution < -0.4 is 15.6 Å². The zero-order valence-electron chi connectivity index (χ0n) is 10.6. The molecule has 19 heavy (non-hydrogen) atoms. The number of nitrogens with one attached hydrogen (secondary N) is 2. The zero-order valence-corrected chi connectivity index (χ0v) is 13.0. The van der Waals surface area contributed by atoms with E-state index in [0.717, 1.165) is 42.4 Å². The first-order valence-corrected chi connectivity index (χ1v) is 7.15. The molecule has 1 atom stereocenters. The number of amidine groups is 1. The van der Waals surface area contributed by atoms with E-state index in [-0.39, 0.29) is 12.4 Å². The topological polar surface area (TPSA) is 39.7 Å². The monoisotopic (exact) mass is 344 g/mol. The molecule has 0 amide bonds. The lowest BCUT2D eigenvalue weighted by Crippen LogP contribution is -2.30. The first-order chi connectivity index (χ1) is 8.83. The summed E-state index contributed by atoms with van der Waals surface area (Å²) in [5.41, 5.74) is 4.29. The quantitative estimate of drug-likeness (QED) is 0.884. The Morgan fingerprint density at radius 2 is 2.11 bits per heavy atom. The average Bonchev–Trinajstić information content (AvgIpc) is 3.02. The molecule has 0 bridgehead atoms. The number of hydrogen-bond donors (Lipinski definition) is 2. The number of halogens is 2. The van der Waals surface area contributed by atoms with E-state index >= 15 is 0 Å². The molecule has 1 aromatic carbocycles. The van der Waals surface area contributed by atoms with Gasteiger partial charge in [0, 0.05) is 16.6 Å². The van der Waals surface area contributed by atoms with Crippen molar-refractivity contribution in [3.63, 3.8) is 0 Å². The van der Waals surface area contributed by atoms with E-state index in [1.807, 2.05) is 0 Å². The second kappa shape index (κ2) is 6.59. The van der Waals surface area contributed by atoms with E-state index in [9.17, 15) is 0 Å². The van der Waals surface area contributed by atoms with Crippen molar-refractivity contribution in [2.75, 3.05) is 24.7 Å². The largest absolute Gasteiger partial charge is 0.316 e. The molecule has 2 aliphatic heterocycles. The number of benzene rings is 1. The Labute approximate surface area is 128 Å². The molecule has 1 aromatic rings. The van der Waals surface area contributed by atoms with Crippen LogP contribution in [0, 0.1) is 5.92 Å². The molecule has 0 aliphatic carbocycles. The molecule has 2 aliphatic rings. The maximum atomic E-state index is 4.43. The zero-order chi connectivity index (χ0) is 12.4. The molecule has 0 unspecified atom stereocenters. The van der Waals surface area contributed by atoms with Crippen molar-refractivity contribution in [1.82, 2.24) is 10.7 Å². The van der Waals surface area contributed by atoms with Crippen molar-refractivity contribution in [2.45, 2.75) is 12.8 Å². The summed E-state index contributed by atoms with van der Waals surface area (Å²) in [6, 6.07) is 8.39. The van der Waals surface area contributed by atoms with Crippen LogP contribution in [0.2, 0.25) is 0 Å². The molecule has 2 heterocycles. The van der Waals surface area contributed by atoms with Crippen molar-refractivity contribution in [1.29, 1.82) is 0 Å². The normalized spacial score (nSPS) is 21.8. The lowest BCUT2D eigenvalue weighted by Gasteiger charge is -2.21. The third-order valence-corrected chi connectivity index (χ3v) is 4.05. The van der Waals surface area contributed by atoms with Gasteiger partial charge in [-0.25, -0.2) is 0 Å². The molecule has 3 rings (SSSR count). The highest BCUT2D eigenvalue weighted by molar-refractivity contribution is 9.10. The van der Waals surface area contributed by atoms with Crippen LogP contribution in [-0.2, 0) is 0 Å². The van der Waals surface area contributed by atoms with Crippen molar-refractivity contribution in [3.05, 3.63) is 28.7 Å². The van der Waals surface area contributed by atoms with Crippen LogP contribution in [0.5, 0.6) is 0 Å². The van der Waals surface area contributed by atoms with Crippen LogP contribution in [0.3, 0.4) is 0 Å². The van der Waals surface area contributed by atoms with Gasteiger partial charge in [0.2, 0.25) is 0 Å². The Morgan fingerprint density at radius 1 is 1.32 bits per heavy atom. The maximum Gasteiger partial charge on any atom is 0.131 e. The third-order valence-electron chi connectivity index (χ3n) is 3.52. The molecule has 1 fully saturated rings. The summed E-state index contributed by atoms with van der Waals surface area (Å²) < 4.78 is 1.11. The van der Waals surface area contributed by atoms with Gasteiger partial charge in [-0.1, -0.05) is 15.9 Å². The van der Waals surface area contributed by atoms with E-state index in [2.05, 4.69) is 60.9 Å². The van der Waals surface area contributed by atoms with E-state index < -0.39 is 0 Å². The fourth-order valence-corrected chi connectivity index (χ4v) is 2.78. The molecular formula is C13H18BrClN4. The molecule has 0 radical (unpaired) electrons. The Bertz CT molecular complexity index is 442. The first-order valence-electron chi connectivity index (χ1n) is 6.36. The molecule has 6 heteroatoms. The number of hydrogen-bond acceptors (Lipinski definition) is 4. The van der Waals surface area contributed by atoms with Gasteiger partial charge in [0.15, 0.2) is 0 Å². The summed E-state index contributed by atoms with van der Waals surface area (Å²) in [5, 5.41) is 7.84. The summed E-state index contributed by atoms with van der Waals surface area (Å²) in [7, 11) is 0. The van der Waals surface area contributed by atoms with Crippen LogP contribution in [0.1, 0.15) is 12.8 Å². The minimum atomic E-state index is 0. The Kier molecular flexibility index (Phi) is 5.07. The van der Waals surface area contributed by atoms with Crippen molar-refractivity contribution in [3.8, 4) is 0 Å². The minimum absolute atomic E-state index is 0. The van der Waals surface area contributed by atoms with Crippen molar-refractivity contribution < 1.29 is 0 Å². The van der Waals surface area contributed by atoms with Gasteiger partial charge in [-0.2, -0.15) is 5.10 Å². The molecule has 0 aromatic heterocycles. The van der Waals surface area contributed by atoms with E-state index in [1.165, 1.54) is 12.1 Å². The van der Waals surface area contributed by atoms with Crippen LogP contribution >= 0.6 is 28.3 Å². The van der Waals surface area contributed by atoms with Gasteiger partial charge in [0.05, 0.1) is 0 Å². The predicted molar refractivity (Wildman–Crippen MR) is 84.9 cm³/mol. The summed E-state index contributed by atoms with van der Waals surface area (Å²) in [6.07, 6.45) is 2.31. The lowest BCUT2D eigenvalue weighted by molar-refractivity contribution is 0.606. The molecule has 4 nitrogen and oxygen atoms in total. The highest BCUT2D eigenvalue weighted by Gasteiger charge is 2.24. The standard InChI is InChI=1S/C13H17BrN4.ClH/c14-11-1-3-12(4-2-11)18-9-16-17-13(18)7-10-5-6-15-8-10;/h1-4,10,15-16H,5-9H2;1H/t10-;/m0./s1. The van der Waals surface area contributed by atoms with Gasteiger partial charge in [-0.15, -0.1) is 12.4 Å². The van der Waals surface area contributed by atoms with Crippen molar-refractivity contribution >= 4 is 39.9 Å². The smallest absolute Gasteiger partial charge is 0.131 e. The number of rotatable bonds is 3. The van der Waals surface area contributed by atoms with Crippen LogP contribution in [-0.4, -0.2) is 25.6 Å². The third kappa shape index (κ3) is 3.41. The second-order valence-corrected chi connectivity index (χ2v) is 5.73. The molecule has 1 saturated heterocycles. The van der Waals surface area contributed by atoms with Gasteiger partial charge in [-0.3, -0.25) is 5.43 Å². The van der Waals surface area contributed by atoms with E-state index in [0.29, 0.717) is 0 Å². The molecule has 0 spiro atoms. The molecule has 0 saturated carbocycles. The maximum absolute atomic E-state index is 4.43. The molecule has 104 valence electrons. The average molecular weight is 346 g/mol. The van der Waals surface area contributed by atoms with Crippen LogP contribution in [0.15, 0.2) is 33.8 Å². The van der Waals surface area contributed by atoms with Crippen molar-refractivity contribution in [2.24, 2.45) is 11.0 Å². The SMILES string of the molecule is Brc1ccc(N2CNN=C2C[C@@H]2CCNC2)cc1.Cl. The fraction of sp³-hybridized carbons (Fsp3) is 0.462. The molecular weight excluding hydrogens is 328 g/mol. The van der Waals surface area contributed by atoms with E-state index in [4.69, 9.17) is 0 Å². The second-order valence-electron chi connectivity index (χ2n) is 4.81. The van der Waals surface area contributed by atoms with Gasteiger partial charge in [0.1, 0.15) is 12.5 Å². The number of hydrazone groups is 1.